The number of hydrogen-bond acceptors (Lipinski definition) is 5. The summed E-state index contributed by atoms with van der Waals surface area (Å²) in [7, 11) is 0.924. The average molecular weight is 330 g/mol. The molecule has 118 valence electrons. The van der Waals surface area contributed by atoms with Crippen LogP contribution >= 0.6 is 11.3 Å². The van der Waals surface area contributed by atoms with Gasteiger partial charge in [-0.05, 0) is 32.0 Å². The normalized spacial score (nSPS) is 20.8. The SMILES string of the molecule is CN(C)CCN(C(=O)Cc1cccs1)C1CCS(=O)(=O)C1. The van der Waals surface area contributed by atoms with E-state index in [1.165, 1.54) is 0 Å². The maximum absolute atomic E-state index is 12.5. The molecule has 1 fully saturated rings. The van der Waals surface area contributed by atoms with Crippen LogP contribution in [0, 0.1) is 0 Å². The van der Waals surface area contributed by atoms with Gasteiger partial charge in [-0.1, -0.05) is 6.07 Å². The molecule has 7 heteroatoms. The standard InChI is InChI=1S/C14H22N2O3S2/c1-15(2)6-7-16(12-5-9-21(18,19)11-12)14(17)10-13-4-3-8-20-13/h3-4,8,12H,5-7,9-11H2,1-2H3. The molecule has 1 aromatic rings. The number of carbonyl (C=O) groups excluding carboxylic acids is 1. The van der Waals surface area contributed by atoms with Gasteiger partial charge in [-0.25, -0.2) is 8.42 Å². The van der Waals surface area contributed by atoms with E-state index in [1.54, 1.807) is 16.2 Å². The Morgan fingerprint density at radius 2 is 2.14 bits per heavy atom. The largest absolute Gasteiger partial charge is 0.337 e. The topological polar surface area (TPSA) is 57.7 Å². The van der Waals surface area contributed by atoms with Crippen molar-refractivity contribution in [3.8, 4) is 0 Å². The lowest BCUT2D eigenvalue weighted by molar-refractivity contribution is -0.132. The van der Waals surface area contributed by atoms with Crippen LogP contribution in [0.1, 0.15) is 11.3 Å². The number of likely N-dealkylation sites (N-methyl/N-ethyl adjacent to an activating group) is 1. The fourth-order valence-electron chi connectivity index (χ4n) is 2.50. The van der Waals surface area contributed by atoms with Crippen LogP contribution in [0.3, 0.4) is 0 Å². The van der Waals surface area contributed by atoms with E-state index in [4.69, 9.17) is 0 Å². The van der Waals surface area contributed by atoms with E-state index in [2.05, 4.69) is 0 Å². The quantitative estimate of drug-likeness (QED) is 0.776. The molecule has 0 N–H and O–H groups in total. The van der Waals surface area contributed by atoms with Crippen LogP contribution in [0.15, 0.2) is 17.5 Å². The lowest BCUT2D eigenvalue weighted by atomic mass is 10.2. The highest BCUT2D eigenvalue weighted by atomic mass is 32.2. The van der Waals surface area contributed by atoms with E-state index >= 15 is 0 Å². The van der Waals surface area contributed by atoms with Crippen LogP contribution in [0.25, 0.3) is 0 Å². The first kappa shape index (κ1) is 16.5. The molecule has 0 aliphatic carbocycles. The molecule has 0 bridgehead atoms. The summed E-state index contributed by atoms with van der Waals surface area (Å²) in [6, 6.07) is 3.71. The Labute approximate surface area is 130 Å². The van der Waals surface area contributed by atoms with Gasteiger partial charge in [-0.15, -0.1) is 11.3 Å². The minimum Gasteiger partial charge on any atom is -0.337 e. The van der Waals surface area contributed by atoms with Crippen LogP contribution in [0.2, 0.25) is 0 Å². The van der Waals surface area contributed by atoms with Crippen LogP contribution in [0.4, 0.5) is 0 Å². The van der Waals surface area contributed by atoms with Gasteiger partial charge in [0, 0.05) is 24.0 Å². The molecule has 21 heavy (non-hydrogen) atoms. The van der Waals surface area contributed by atoms with E-state index in [-0.39, 0.29) is 23.5 Å². The molecule has 2 rings (SSSR count). The molecule has 2 heterocycles. The van der Waals surface area contributed by atoms with Crippen molar-refractivity contribution >= 4 is 27.1 Å². The molecule has 1 atom stereocenters. The summed E-state index contributed by atoms with van der Waals surface area (Å²) in [6.45, 7) is 1.32. The van der Waals surface area contributed by atoms with Gasteiger partial charge in [0.25, 0.3) is 0 Å². The first-order valence-corrected chi connectivity index (χ1v) is 9.74. The van der Waals surface area contributed by atoms with Gasteiger partial charge in [0.1, 0.15) is 0 Å². The summed E-state index contributed by atoms with van der Waals surface area (Å²) < 4.78 is 23.4. The van der Waals surface area contributed by atoms with E-state index in [0.29, 0.717) is 19.4 Å². The number of nitrogens with zero attached hydrogens (tertiary/aromatic N) is 2. The van der Waals surface area contributed by atoms with E-state index < -0.39 is 9.84 Å². The molecule has 1 aliphatic rings. The highest BCUT2D eigenvalue weighted by Gasteiger charge is 2.34. The summed E-state index contributed by atoms with van der Waals surface area (Å²) in [6.07, 6.45) is 0.924. The fraction of sp³-hybridized carbons (Fsp3) is 0.643. The smallest absolute Gasteiger partial charge is 0.228 e. The van der Waals surface area contributed by atoms with Gasteiger partial charge in [-0.3, -0.25) is 4.79 Å². The highest BCUT2D eigenvalue weighted by Crippen LogP contribution is 2.20. The molecule has 1 saturated heterocycles. The second kappa shape index (κ2) is 6.89. The maximum Gasteiger partial charge on any atom is 0.228 e. The lowest BCUT2D eigenvalue weighted by Gasteiger charge is -2.29. The van der Waals surface area contributed by atoms with Gasteiger partial charge in [-0.2, -0.15) is 0 Å². The summed E-state index contributed by atoms with van der Waals surface area (Å²) in [5.41, 5.74) is 0. The molecular weight excluding hydrogens is 308 g/mol. The van der Waals surface area contributed by atoms with Crippen molar-refractivity contribution in [2.45, 2.75) is 18.9 Å². The average Bonchev–Trinajstić information content (AvgIpc) is 2.99. The molecule has 0 saturated carbocycles. The Morgan fingerprint density at radius 1 is 1.38 bits per heavy atom. The lowest BCUT2D eigenvalue weighted by Crippen LogP contribution is -2.45. The monoisotopic (exact) mass is 330 g/mol. The van der Waals surface area contributed by atoms with Crippen molar-refractivity contribution in [2.75, 3.05) is 38.7 Å². The fourth-order valence-corrected chi connectivity index (χ4v) is 4.93. The predicted octanol–water partition coefficient (Wildman–Crippen LogP) is 0.868. The predicted molar refractivity (Wildman–Crippen MR) is 85.3 cm³/mol. The second-order valence-electron chi connectivity index (χ2n) is 5.70. The minimum atomic E-state index is -2.98. The van der Waals surface area contributed by atoms with Crippen molar-refractivity contribution in [1.29, 1.82) is 0 Å². The molecule has 0 spiro atoms. The minimum absolute atomic E-state index is 0.0291. The van der Waals surface area contributed by atoms with Crippen LogP contribution in [-0.4, -0.2) is 68.9 Å². The van der Waals surface area contributed by atoms with Gasteiger partial charge in [0.2, 0.25) is 5.91 Å². The van der Waals surface area contributed by atoms with Gasteiger partial charge >= 0.3 is 0 Å². The Kier molecular flexibility index (Phi) is 5.40. The number of hydrogen-bond donors (Lipinski definition) is 0. The molecule has 1 unspecified atom stereocenters. The summed E-state index contributed by atoms with van der Waals surface area (Å²) >= 11 is 1.56. The Balaban J connectivity index is 2.06. The second-order valence-corrected chi connectivity index (χ2v) is 8.96. The summed E-state index contributed by atoms with van der Waals surface area (Å²) in [4.78, 5) is 17.3. The van der Waals surface area contributed by atoms with E-state index in [9.17, 15) is 13.2 Å². The van der Waals surface area contributed by atoms with Crippen molar-refractivity contribution in [1.82, 2.24) is 9.80 Å². The Hall–Kier alpha value is -0.920. The van der Waals surface area contributed by atoms with Gasteiger partial charge in [0.15, 0.2) is 9.84 Å². The van der Waals surface area contributed by atoms with Crippen molar-refractivity contribution in [2.24, 2.45) is 0 Å². The number of thiophene rings is 1. The highest BCUT2D eigenvalue weighted by molar-refractivity contribution is 7.91. The third-order valence-electron chi connectivity index (χ3n) is 3.66. The zero-order valence-electron chi connectivity index (χ0n) is 12.5. The van der Waals surface area contributed by atoms with E-state index in [1.807, 2.05) is 36.5 Å². The molecular formula is C14H22N2O3S2. The zero-order valence-corrected chi connectivity index (χ0v) is 14.1. The Bertz CT molecular complexity index is 567. The van der Waals surface area contributed by atoms with Gasteiger partial charge in [0.05, 0.1) is 17.9 Å². The van der Waals surface area contributed by atoms with Gasteiger partial charge < -0.3 is 9.80 Å². The van der Waals surface area contributed by atoms with Crippen LogP contribution in [-0.2, 0) is 21.1 Å². The molecule has 5 nitrogen and oxygen atoms in total. The van der Waals surface area contributed by atoms with Crippen molar-refractivity contribution < 1.29 is 13.2 Å². The summed E-state index contributed by atoms with van der Waals surface area (Å²) in [5, 5.41) is 1.95. The third kappa shape index (κ3) is 4.79. The first-order valence-electron chi connectivity index (χ1n) is 7.04. The number of rotatable bonds is 6. The van der Waals surface area contributed by atoms with Crippen LogP contribution in [0.5, 0.6) is 0 Å². The van der Waals surface area contributed by atoms with Crippen LogP contribution < -0.4 is 0 Å². The van der Waals surface area contributed by atoms with E-state index in [0.717, 1.165) is 11.4 Å². The number of sulfone groups is 1. The number of amides is 1. The molecule has 1 aliphatic heterocycles. The number of carbonyl (C=O) groups is 1. The maximum atomic E-state index is 12.5. The molecule has 1 amide bonds. The molecule has 0 radical (unpaired) electrons. The van der Waals surface area contributed by atoms with Crippen molar-refractivity contribution in [3.63, 3.8) is 0 Å². The third-order valence-corrected chi connectivity index (χ3v) is 6.29. The first-order chi connectivity index (χ1) is 9.87. The molecule has 0 aromatic carbocycles. The van der Waals surface area contributed by atoms with Crippen molar-refractivity contribution in [3.05, 3.63) is 22.4 Å². The zero-order chi connectivity index (χ0) is 15.5. The Morgan fingerprint density at radius 3 is 2.67 bits per heavy atom. The molecule has 1 aromatic heterocycles. The summed E-state index contributed by atoms with van der Waals surface area (Å²) in [5.74, 6) is 0.334.